The monoisotopic (exact) mass is 787 g/mol. The van der Waals surface area contributed by atoms with Crippen LogP contribution in [0.5, 0.6) is 0 Å². The molecule has 7 N–H and O–H groups in total. The number of carbonyl (C=O) groups excluding carboxylic acids is 7. The van der Waals surface area contributed by atoms with Crippen LogP contribution in [0.2, 0.25) is 0 Å². The summed E-state index contributed by atoms with van der Waals surface area (Å²) >= 11 is 0. The summed E-state index contributed by atoms with van der Waals surface area (Å²) in [5.41, 5.74) is 2.22. The van der Waals surface area contributed by atoms with E-state index < -0.39 is 64.7 Å². The number of rotatable bonds is 24. The number of alkyl carbamates (subject to hydrolysis) is 3. The van der Waals surface area contributed by atoms with Crippen molar-refractivity contribution >= 4 is 42.3 Å². The number of nitrogens with two attached hydrogens (primary N) is 1. The fourth-order valence-electron chi connectivity index (χ4n) is 5.02. The lowest BCUT2D eigenvalue weighted by molar-refractivity contribution is -0.143. The van der Waals surface area contributed by atoms with Crippen molar-refractivity contribution in [2.45, 2.75) is 181 Å². The number of amides is 5. The molecule has 0 saturated heterocycles. The summed E-state index contributed by atoms with van der Waals surface area (Å²) in [7, 11) is 0. The van der Waals surface area contributed by atoms with Gasteiger partial charge in [-0.3, -0.25) is 19.2 Å². The van der Waals surface area contributed by atoms with Gasteiger partial charge in [-0.1, -0.05) is 0 Å². The molecule has 3 atom stereocenters. The van der Waals surface area contributed by atoms with Gasteiger partial charge in [-0.15, -0.1) is 0 Å². The van der Waals surface area contributed by atoms with Gasteiger partial charge in [0.05, 0.1) is 6.04 Å². The van der Waals surface area contributed by atoms with Crippen LogP contribution in [0.15, 0.2) is 0 Å². The summed E-state index contributed by atoms with van der Waals surface area (Å²) in [6, 6.07) is -2.67. The Morgan fingerprint density at radius 3 is 1.24 bits per heavy atom. The molecule has 0 radical (unpaired) electrons. The number of unbranched alkanes of at least 4 members (excludes halogenated alkanes) is 3. The molecule has 0 aromatic carbocycles. The predicted molar refractivity (Wildman–Crippen MR) is 207 cm³/mol. The topological polar surface area (TPSA) is 243 Å². The third kappa shape index (κ3) is 27.1. The summed E-state index contributed by atoms with van der Waals surface area (Å²) in [6.07, 6.45) is 1.64. The Kier molecular flexibility index (Phi) is 22.5. The highest BCUT2D eigenvalue weighted by Crippen LogP contribution is 2.18. The molecule has 0 aromatic heterocycles. The van der Waals surface area contributed by atoms with Gasteiger partial charge >= 0.3 is 18.3 Å². The minimum atomic E-state index is -1.08. The fourth-order valence-corrected chi connectivity index (χ4v) is 5.02. The number of carbonyl (C=O) groups is 7. The molecule has 55 heavy (non-hydrogen) atoms. The van der Waals surface area contributed by atoms with Crippen molar-refractivity contribution in [1.29, 1.82) is 0 Å². The molecular formula is C38H70N6O11. The number of nitrogens with one attached hydrogen (secondary N) is 5. The third-order valence-electron chi connectivity index (χ3n) is 7.45. The van der Waals surface area contributed by atoms with Gasteiger partial charge in [-0.25, -0.2) is 14.4 Å². The Morgan fingerprint density at radius 1 is 0.545 bits per heavy atom. The van der Waals surface area contributed by atoms with E-state index >= 15 is 0 Å². The van der Waals surface area contributed by atoms with Crippen LogP contribution in [0.1, 0.15) is 140 Å². The molecule has 0 aliphatic rings. The first-order valence-electron chi connectivity index (χ1n) is 19.2. The van der Waals surface area contributed by atoms with Gasteiger partial charge in [0.25, 0.3) is 6.47 Å². The van der Waals surface area contributed by atoms with Crippen LogP contribution < -0.4 is 32.3 Å². The van der Waals surface area contributed by atoms with Crippen LogP contribution in [0.25, 0.3) is 0 Å². The highest BCUT2D eigenvalue weighted by Gasteiger charge is 2.31. The predicted octanol–water partition coefficient (Wildman–Crippen LogP) is 4.28. The molecular weight excluding hydrogens is 716 g/mol. The van der Waals surface area contributed by atoms with Gasteiger partial charge in [0, 0.05) is 19.5 Å². The lowest BCUT2D eigenvalue weighted by atomic mass is 9.95. The number of ether oxygens (including phenoxy) is 4. The average molecular weight is 787 g/mol. The van der Waals surface area contributed by atoms with Crippen molar-refractivity contribution < 1.29 is 52.5 Å². The van der Waals surface area contributed by atoms with Gasteiger partial charge in [-0.2, -0.15) is 0 Å². The molecule has 0 aromatic rings. The van der Waals surface area contributed by atoms with E-state index in [0.29, 0.717) is 51.5 Å². The third-order valence-corrected chi connectivity index (χ3v) is 7.45. The second kappa shape index (κ2) is 24.4. The first kappa shape index (κ1) is 50.9. The SMILES string of the molecule is CC(C)(C)OC(=O)N[C@@H](CCCCNC(=O)[C@H](CCCCNC(=O)[C@H](CCCCN)NC(=O)OC(C)(C)C)NC(=O)OC(C)(C)C)C(=O)CC(C)(C)OC=O. The molecule has 318 valence electrons. The average Bonchev–Trinajstić information content (AvgIpc) is 2.99. The summed E-state index contributed by atoms with van der Waals surface area (Å²) in [5, 5.41) is 13.5. The number of ketones is 1. The van der Waals surface area contributed by atoms with E-state index in [4.69, 9.17) is 24.7 Å². The zero-order chi connectivity index (χ0) is 42.5. The largest absolute Gasteiger partial charge is 0.461 e. The normalized spacial score (nSPS) is 13.6. The van der Waals surface area contributed by atoms with Crippen LogP contribution in [0.3, 0.4) is 0 Å². The molecule has 0 fully saturated rings. The van der Waals surface area contributed by atoms with Crippen molar-refractivity contribution in [2.24, 2.45) is 5.73 Å². The smallest absolute Gasteiger partial charge is 0.408 e. The second-order valence-electron chi connectivity index (χ2n) is 17.1. The van der Waals surface area contributed by atoms with E-state index in [2.05, 4.69) is 26.6 Å². The molecule has 17 heteroatoms. The molecule has 0 aliphatic heterocycles. The summed E-state index contributed by atoms with van der Waals surface area (Å²) in [4.78, 5) is 87.7. The van der Waals surface area contributed by atoms with E-state index in [9.17, 15) is 33.6 Å². The van der Waals surface area contributed by atoms with Crippen LogP contribution >= 0.6 is 0 Å². The standard InChI is InChI=1S/C38H70N6O11/c1-35(2,3)53-32(49)42-26(29(46)24-38(10,11)52-25-45)18-13-16-22-40-31(48)28(44-34(51)55-37(7,8)9)20-14-17-23-41-30(47)27(19-12-15-21-39)43-33(50)54-36(4,5)6/h25-28H,12-24,39H2,1-11H3,(H,40,48)(H,41,47)(H,42,49)(H,43,50)(H,44,51)/t26-,27-,28-/m0/s1. The lowest BCUT2D eigenvalue weighted by Gasteiger charge is -2.26. The number of hydrogen-bond donors (Lipinski definition) is 6. The fraction of sp³-hybridized carbons (Fsp3) is 0.816. The maximum absolute atomic E-state index is 13.3. The Labute approximate surface area is 327 Å². The second-order valence-corrected chi connectivity index (χ2v) is 17.1. The Hall–Kier alpha value is -4.15. The minimum absolute atomic E-state index is 0.136. The summed E-state index contributed by atoms with van der Waals surface area (Å²) < 4.78 is 21.0. The van der Waals surface area contributed by atoms with Crippen molar-refractivity contribution in [1.82, 2.24) is 26.6 Å². The number of Topliss-reactive ketones (excluding diaryl/α,β-unsaturated/α-hetero) is 1. The van der Waals surface area contributed by atoms with Gasteiger partial charge in [0.2, 0.25) is 11.8 Å². The molecule has 0 rings (SSSR count). The Morgan fingerprint density at radius 2 is 0.891 bits per heavy atom. The van der Waals surface area contributed by atoms with Gasteiger partial charge in [-0.05, 0) is 140 Å². The first-order valence-corrected chi connectivity index (χ1v) is 19.2. The van der Waals surface area contributed by atoms with E-state index in [1.54, 1.807) is 76.2 Å². The highest BCUT2D eigenvalue weighted by molar-refractivity contribution is 5.88. The molecule has 0 unspecified atom stereocenters. The van der Waals surface area contributed by atoms with E-state index in [1.807, 2.05) is 0 Å². The molecule has 0 spiro atoms. The molecule has 0 saturated carbocycles. The highest BCUT2D eigenvalue weighted by atomic mass is 16.6. The molecule has 0 bridgehead atoms. The van der Waals surface area contributed by atoms with E-state index in [0.717, 1.165) is 0 Å². The maximum atomic E-state index is 13.3. The molecule has 5 amide bonds. The Balaban J connectivity index is 5.34. The van der Waals surface area contributed by atoms with Crippen LogP contribution in [0, 0.1) is 0 Å². The zero-order valence-electron chi connectivity index (χ0n) is 35.1. The molecule has 0 heterocycles. The van der Waals surface area contributed by atoms with E-state index in [1.165, 1.54) is 0 Å². The number of hydrogen-bond acceptors (Lipinski definition) is 12. The van der Waals surface area contributed by atoms with Gasteiger partial charge in [0.1, 0.15) is 34.5 Å². The maximum Gasteiger partial charge on any atom is 0.408 e. The Bertz CT molecular complexity index is 1240. The van der Waals surface area contributed by atoms with Crippen molar-refractivity contribution in [3.63, 3.8) is 0 Å². The van der Waals surface area contributed by atoms with Crippen molar-refractivity contribution in [3.05, 3.63) is 0 Å². The minimum Gasteiger partial charge on any atom is -0.461 e. The van der Waals surface area contributed by atoms with Crippen molar-refractivity contribution in [2.75, 3.05) is 19.6 Å². The van der Waals surface area contributed by atoms with Crippen molar-refractivity contribution in [3.8, 4) is 0 Å². The lowest BCUT2D eigenvalue weighted by Crippen LogP contribution is -2.49. The van der Waals surface area contributed by atoms with Crippen LogP contribution in [0.4, 0.5) is 14.4 Å². The summed E-state index contributed by atoms with van der Waals surface area (Å²) in [6.45, 7) is 19.8. The van der Waals surface area contributed by atoms with E-state index in [-0.39, 0.29) is 50.5 Å². The van der Waals surface area contributed by atoms with Gasteiger partial charge < -0.3 is 51.3 Å². The molecule has 17 nitrogen and oxygen atoms in total. The van der Waals surface area contributed by atoms with Crippen LogP contribution in [-0.2, 0) is 38.1 Å². The van der Waals surface area contributed by atoms with Crippen LogP contribution in [-0.4, -0.2) is 103 Å². The van der Waals surface area contributed by atoms with Gasteiger partial charge in [0.15, 0.2) is 5.78 Å². The molecule has 0 aliphatic carbocycles. The summed E-state index contributed by atoms with van der Waals surface area (Å²) in [5.74, 6) is -1.16. The quantitative estimate of drug-likeness (QED) is 0.0457. The zero-order valence-corrected chi connectivity index (χ0v) is 35.1. The first-order chi connectivity index (χ1) is 25.3.